The number of carbonyl (C=O) groups is 1. The molecule has 0 saturated carbocycles. The highest BCUT2D eigenvalue weighted by Gasteiger charge is 2.23. The number of fused-ring (bicyclic) bond motifs is 1. The zero-order valence-corrected chi connectivity index (χ0v) is 16.1. The number of hydrogen-bond acceptors (Lipinski definition) is 3. The van der Waals surface area contributed by atoms with E-state index in [1.165, 1.54) is 5.56 Å². The van der Waals surface area contributed by atoms with Crippen molar-refractivity contribution < 1.29 is 9.53 Å². The zero-order valence-electron chi connectivity index (χ0n) is 16.1. The van der Waals surface area contributed by atoms with Crippen molar-refractivity contribution in [2.75, 3.05) is 26.3 Å². The molecule has 1 amide bonds. The van der Waals surface area contributed by atoms with Gasteiger partial charge in [0.1, 0.15) is 5.69 Å². The molecular weight excluding hydrogens is 364 g/mol. The van der Waals surface area contributed by atoms with Crippen molar-refractivity contribution in [3.63, 3.8) is 0 Å². The van der Waals surface area contributed by atoms with Gasteiger partial charge in [-0.25, -0.2) is 4.98 Å². The van der Waals surface area contributed by atoms with Crippen LogP contribution in [-0.2, 0) is 11.3 Å². The Kier molecular flexibility index (Phi) is 4.62. The summed E-state index contributed by atoms with van der Waals surface area (Å²) in [6, 6.07) is 18.2. The van der Waals surface area contributed by atoms with E-state index in [2.05, 4.69) is 21.7 Å². The maximum atomic E-state index is 13.1. The number of ether oxygens (including phenoxy) is 1. The van der Waals surface area contributed by atoms with E-state index < -0.39 is 0 Å². The highest BCUT2D eigenvalue weighted by molar-refractivity contribution is 6.02. The molecule has 0 aliphatic carbocycles. The molecule has 0 bridgehead atoms. The fourth-order valence-corrected chi connectivity index (χ4v) is 3.83. The number of hydrogen-bond donors (Lipinski definition) is 0. The van der Waals surface area contributed by atoms with Crippen LogP contribution in [0.1, 0.15) is 15.9 Å². The second kappa shape index (κ2) is 7.56. The third-order valence-electron chi connectivity index (χ3n) is 5.31. The molecule has 6 nitrogen and oxygen atoms in total. The van der Waals surface area contributed by atoms with Crippen molar-refractivity contribution in [1.82, 2.24) is 18.9 Å². The van der Waals surface area contributed by atoms with E-state index in [0.717, 1.165) is 23.4 Å². The molecule has 1 aromatic carbocycles. The van der Waals surface area contributed by atoms with Gasteiger partial charge >= 0.3 is 0 Å². The molecule has 0 N–H and O–H groups in total. The lowest BCUT2D eigenvalue weighted by molar-refractivity contribution is 0.0304. The van der Waals surface area contributed by atoms with E-state index >= 15 is 0 Å². The van der Waals surface area contributed by atoms with Crippen molar-refractivity contribution >= 4 is 11.4 Å². The second-order valence-electron chi connectivity index (χ2n) is 7.22. The molecular formula is C23H22N4O2. The molecule has 1 saturated heterocycles. The molecule has 1 aliphatic heterocycles. The summed E-state index contributed by atoms with van der Waals surface area (Å²) in [5.74, 6) is 0.0481. The van der Waals surface area contributed by atoms with E-state index in [4.69, 9.17) is 4.74 Å². The molecule has 4 aromatic rings. The van der Waals surface area contributed by atoms with Gasteiger partial charge in [0.25, 0.3) is 5.91 Å². The van der Waals surface area contributed by atoms with Gasteiger partial charge in [0.15, 0.2) is 0 Å². The number of carbonyl (C=O) groups excluding carboxylic acids is 1. The maximum absolute atomic E-state index is 13.1. The Labute approximate surface area is 169 Å². The smallest absolute Gasteiger partial charge is 0.256 e. The van der Waals surface area contributed by atoms with Crippen molar-refractivity contribution in [1.29, 1.82) is 0 Å². The Balaban J connectivity index is 1.50. The number of morpholine rings is 1. The van der Waals surface area contributed by atoms with Crippen LogP contribution in [-0.4, -0.2) is 51.1 Å². The standard InChI is InChI=1S/C23H22N4O2/c28-23(26-10-12-29-13-11-26)19-14-22(27-9-5-4-8-21(19)27)20-16-25(17-24-20)15-18-6-2-1-3-7-18/h1-9,14,16-17H,10-13,15H2. The number of amides is 1. The molecule has 1 aliphatic rings. The quantitative estimate of drug-likeness (QED) is 0.541. The number of benzene rings is 1. The van der Waals surface area contributed by atoms with E-state index in [1.807, 2.05) is 70.5 Å². The predicted octanol–water partition coefficient (Wildman–Crippen LogP) is 3.32. The van der Waals surface area contributed by atoms with Gasteiger partial charge in [-0.1, -0.05) is 36.4 Å². The fourth-order valence-electron chi connectivity index (χ4n) is 3.83. The van der Waals surface area contributed by atoms with Gasteiger partial charge in [-0.05, 0) is 23.8 Å². The molecule has 0 unspecified atom stereocenters. The normalized spacial score (nSPS) is 14.4. The summed E-state index contributed by atoms with van der Waals surface area (Å²) in [7, 11) is 0. The maximum Gasteiger partial charge on any atom is 0.256 e. The van der Waals surface area contributed by atoms with Gasteiger partial charge in [0.2, 0.25) is 0 Å². The van der Waals surface area contributed by atoms with E-state index in [9.17, 15) is 4.79 Å². The average molecular weight is 386 g/mol. The molecule has 29 heavy (non-hydrogen) atoms. The minimum atomic E-state index is 0.0481. The summed E-state index contributed by atoms with van der Waals surface area (Å²) >= 11 is 0. The lowest BCUT2D eigenvalue weighted by Gasteiger charge is -2.26. The molecule has 5 rings (SSSR count). The molecule has 0 radical (unpaired) electrons. The third-order valence-corrected chi connectivity index (χ3v) is 5.31. The molecule has 0 atom stereocenters. The van der Waals surface area contributed by atoms with Gasteiger partial charge in [-0.2, -0.15) is 0 Å². The Morgan fingerprint density at radius 1 is 1.03 bits per heavy atom. The first kappa shape index (κ1) is 17.7. The summed E-state index contributed by atoms with van der Waals surface area (Å²) in [6.07, 6.45) is 5.86. The number of imidazole rings is 1. The largest absolute Gasteiger partial charge is 0.378 e. The van der Waals surface area contributed by atoms with Crippen molar-refractivity contribution in [2.24, 2.45) is 0 Å². The summed E-state index contributed by atoms with van der Waals surface area (Å²) in [6.45, 7) is 3.20. The number of rotatable bonds is 4. The first-order valence-electron chi connectivity index (χ1n) is 9.83. The first-order chi connectivity index (χ1) is 14.3. The van der Waals surface area contributed by atoms with Gasteiger partial charge < -0.3 is 18.6 Å². The van der Waals surface area contributed by atoms with Gasteiger partial charge in [0.05, 0.1) is 36.3 Å². The van der Waals surface area contributed by atoms with Crippen LogP contribution in [0.4, 0.5) is 0 Å². The summed E-state index contributed by atoms with van der Waals surface area (Å²) in [5, 5.41) is 0. The third kappa shape index (κ3) is 3.43. The zero-order chi connectivity index (χ0) is 19.6. The van der Waals surface area contributed by atoms with Crippen LogP contribution in [0.25, 0.3) is 16.9 Å². The summed E-state index contributed by atoms with van der Waals surface area (Å²) < 4.78 is 9.50. The minimum absolute atomic E-state index is 0.0481. The predicted molar refractivity (Wildman–Crippen MR) is 111 cm³/mol. The number of aromatic nitrogens is 3. The molecule has 3 aromatic heterocycles. The van der Waals surface area contributed by atoms with E-state index in [1.54, 1.807) is 0 Å². The number of nitrogens with zero attached hydrogens (tertiary/aromatic N) is 4. The SMILES string of the molecule is O=C(c1cc(-c2cn(Cc3ccccc3)cn2)n2ccccc12)N1CCOCC1. The molecule has 0 spiro atoms. The topological polar surface area (TPSA) is 51.8 Å². The lowest BCUT2D eigenvalue weighted by atomic mass is 10.2. The van der Waals surface area contributed by atoms with E-state index in [0.29, 0.717) is 31.9 Å². The van der Waals surface area contributed by atoms with Gasteiger partial charge in [0, 0.05) is 32.0 Å². The Bertz CT molecular complexity index is 1140. The van der Waals surface area contributed by atoms with Crippen LogP contribution in [0.5, 0.6) is 0 Å². The lowest BCUT2D eigenvalue weighted by Crippen LogP contribution is -2.40. The van der Waals surface area contributed by atoms with Crippen LogP contribution >= 0.6 is 0 Å². The monoisotopic (exact) mass is 386 g/mol. The first-order valence-corrected chi connectivity index (χ1v) is 9.83. The summed E-state index contributed by atoms with van der Waals surface area (Å²) in [4.78, 5) is 19.6. The van der Waals surface area contributed by atoms with Crippen LogP contribution in [0.15, 0.2) is 73.3 Å². The Hall–Kier alpha value is -3.38. The average Bonchev–Trinajstić information content (AvgIpc) is 3.39. The van der Waals surface area contributed by atoms with Crippen molar-refractivity contribution in [3.05, 3.63) is 84.4 Å². The highest BCUT2D eigenvalue weighted by atomic mass is 16.5. The van der Waals surface area contributed by atoms with Crippen molar-refractivity contribution in [3.8, 4) is 11.4 Å². The molecule has 4 heterocycles. The fraction of sp³-hybridized carbons (Fsp3) is 0.217. The molecule has 6 heteroatoms. The molecule has 1 fully saturated rings. The van der Waals surface area contributed by atoms with Crippen LogP contribution < -0.4 is 0 Å². The van der Waals surface area contributed by atoms with Gasteiger partial charge in [-0.3, -0.25) is 4.79 Å². The van der Waals surface area contributed by atoms with Gasteiger partial charge in [-0.15, -0.1) is 0 Å². The van der Waals surface area contributed by atoms with Crippen LogP contribution in [0.3, 0.4) is 0 Å². The van der Waals surface area contributed by atoms with E-state index in [-0.39, 0.29) is 5.91 Å². The molecule has 146 valence electrons. The Morgan fingerprint density at radius 3 is 2.66 bits per heavy atom. The summed E-state index contributed by atoms with van der Waals surface area (Å²) in [5.41, 5.74) is 4.60. The Morgan fingerprint density at radius 2 is 1.83 bits per heavy atom. The minimum Gasteiger partial charge on any atom is -0.378 e. The van der Waals surface area contributed by atoms with Crippen LogP contribution in [0.2, 0.25) is 0 Å². The number of pyridine rings is 1. The second-order valence-corrected chi connectivity index (χ2v) is 7.22. The van der Waals surface area contributed by atoms with Crippen molar-refractivity contribution in [2.45, 2.75) is 6.54 Å². The highest BCUT2D eigenvalue weighted by Crippen LogP contribution is 2.26. The van der Waals surface area contributed by atoms with Crippen LogP contribution in [0, 0.1) is 0 Å².